The van der Waals surface area contributed by atoms with Crippen molar-refractivity contribution >= 4 is 0 Å². The van der Waals surface area contributed by atoms with E-state index in [-0.39, 0.29) is 6.04 Å². The van der Waals surface area contributed by atoms with Crippen molar-refractivity contribution in [3.8, 4) is 23.0 Å². The van der Waals surface area contributed by atoms with Crippen molar-refractivity contribution in [1.29, 1.82) is 0 Å². The average molecular weight is 343 g/mol. The third kappa shape index (κ3) is 4.17. The molecule has 0 saturated heterocycles. The molecule has 0 aliphatic carbocycles. The van der Waals surface area contributed by atoms with Gasteiger partial charge in [0.25, 0.3) is 0 Å². The number of ether oxygens (including phenoxy) is 4. The fraction of sp³-hybridized carbons (Fsp3) is 0.400. The van der Waals surface area contributed by atoms with Crippen LogP contribution in [0.5, 0.6) is 23.0 Å². The van der Waals surface area contributed by atoms with E-state index in [0.29, 0.717) is 19.8 Å². The van der Waals surface area contributed by atoms with Gasteiger partial charge in [0.15, 0.2) is 23.0 Å². The van der Waals surface area contributed by atoms with Gasteiger partial charge in [0.05, 0.1) is 13.7 Å². The van der Waals surface area contributed by atoms with Crippen molar-refractivity contribution in [3.63, 3.8) is 0 Å². The highest BCUT2D eigenvalue weighted by Crippen LogP contribution is 2.33. The Morgan fingerprint density at radius 2 is 1.84 bits per heavy atom. The molecule has 0 spiro atoms. The molecule has 1 unspecified atom stereocenters. The highest BCUT2D eigenvalue weighted by Gasteiger charge is 2.14. The van der Waals surface area contributed by atoms with Crippen LogP contribution in [-0.4, -0.2) is 26.9 Å². The summed E-state index contributed by atoms with van der Waals surface area (Å²) in [5, 5.41) is 3.54. The second kappa shape index (κ2) is 8.12. The summed E-state index contributed by atoms with van der Waals surface area (Å²) in [4.78, 5) is 0. The minimum absolute atomic E-state index is 0.188. The maximum atomic E-state index is 5.66. The molecule has 0 radical (unpaired) electrons. The maximum absolute atomic E-state index is 5.66. The summed E-state index contributed by atoms with van der Waals surface area (Å²) >= 11 is 0. The van der Waals surface area contributed by atoms with Crippen molar-refractivity contribution in [2.75, 3.05) is 26.9 Å². The molecule has 5 heteroatoms. The predicted octanol–water partition coefficient (Wildman–Crippen LogP) is 3.72. The average Bonchev–Trinajstić information content (AvgIpc) is 2.66. The van der Waals surface area contributed by atoms with E-state index >= 15 is 0 Å². The summed E-state index contributed by atoms with van der Waals surface area (Å²) in [5.74, 6) is 3.17. The quantitative estimate of drug-likeness (QED) is 0.830. The largest absolute Gasteiger partial charge is 0.493 e. The van der Waals surface area contributed by atoms with Gasteiger partial charge in [0.1, 0.15) is 13.2 Å². The molecule has 134 valence electrons. The molecule has 0 saturated carbocycles. The Balaban J connectivity index is 1.65. The molecule has 2 aromatic carbocycles. The minimum Gasteiger partial charge on any atom is -0.493 e. The summed E-state index contributed by atoms with van der Waals surface area (Å²) in [6.45, 7) is 6.66. The van der Waals surface area contributed by atoms with Crippen LogP contribution in [0.15, 0.2) is 36.4 Å². The van der Waals surface area contributed by atoms with Crippen molar-refractivity contribution in [3.05, 3.63) is 47.5 Å². The molecule has 1 heterocycles. The van der Waals surface area contributed by atoms with Gasteiger partial charge in [-0.15, -0.1) is 0 Å². The molecular weight excluding hydrogens is 318 g/mol. The van der Waals surface area contributed by atoms with Crippen LogP contribution in [-0.2, 0) is 6.54 Å². The van der Waals surface area contributed by atoms with E-state index in [2.05, 4.69) is 18.3 Å². The zero-order chi connectivity index (χ0) is 17.6. The summed E-state index contributed by atoms with van der Waals surface area (Å²) in [6.07, 6.45) is 0. The van der Waals surface area contributed by atoms with Gasteiger partial charge in [0, 0.05) is 12.6 Å². The fourth-order valence-electron chi connectivity index (χ4n) is 2.82. The van der Waals surface area contributed by atoms with Crippen LogP contribution in [0, 0.1) is 0 Å². The Bertz CT molecular complexity index is 717. The van der Waals surface area contributed by atoms with Gasteiger partial charge < -0.3 is 24.3 Å². The zero-order valence-electron chi connectivity index (χ0n) is 15.0. The molecule has 1 N–H and O–H groups in total. The Labute approximate surface area is 148 Å². The van der Waals surface area contributed by atoms with E-state index in [4.69, 9.17) is 18.9 Å². The van der Waals surface area contributed by atoms with Gasteiger partial charge in [-0.3, -0.25) is 0 Å². The smallest absolute Gasteiger partial charge is 0.161 e. The van der Waals surface area contributed by atoms with E-state index in [1.165, 1.54) is 5.56 Å². The van der Waals surface area contributed by atoms with Crippen LogP contribution in [0.2, 0.25) is 0 Å². The first-order valence-electron chi connectivity index (χ1n) is 8.64. The van der Waals surface area contributed by atoms with E-state index in [1.54, 1.807) is 7.11 Å². The third-order valence-electron chi connectivity index (χ3n) is 4.21. The van der Waals surface area contributed by atoms with Crippen LogP contribution in [0.4, 0.5) is 0 Å². The number of fused-ring (bicyclic) bond motifs is 1. The van der Waals surface area contributed by atoms with E-state index in [1.807, 2.05) is 37.3 Å². The molecule has 2 aromatic rings. The van der Waals surface area contributed by atoms with Crippen LogP contribution >= 0.6 is 0 Å². The number of methoxy groups -OCH3 is 1. The van der Waals surface area contributed by atoms with Gasteiger partial charge >= 0.3 is 0 Å². The molecule has 25 heavy (non-hydrogen) atoms. The second-order valence-electron chi connectivity index (χ2n) is 5.92. The Morgan fingerprint density at radius 1 is 1.04 bits per heavy atom. The van der Waals surface area contributed by atoms with Crippen LogP contribution < -0.4 is 24.3 Å². The van der Waals surface area contributed by atoms with Gasteiger partial charge in [-0.25, -0.2) is 0 Å². The summed E-state index contributed by atoms with van der Waals surface area (Å²) in [6, 6.07) is 12.3. The predicted molar refractivity (Wildman–Crippen MR) is 96.8 cm³/mol. The lowest BCUT2D eigenvalue weighted by Gasteiger charge is -2.21. The first kappa shape index (κ1) is 17.4. The lowest BCUT2D eigenvalue weighted by molar-refractivity contribution is 0.171. The Kier molecular flexibility index (Phi) is 5.66. The molecule has 5 nitrogen and oxygen atoms in total. The number of nitrogens with one attached hydrogen (secondary N) is 1. The summed E-state index contributed by atoms with van der Waals surface area (Å²) in [5.41, 5.74) is 2.32. The van der Waals surface area contributed by atoms with E-state index in [9.17, 15) is 0 Å². The van der Waals surface area contributed by atoms with Crippen LogP contribution in [0.25, 0.3) is 0 Å². The number of benzene rings is 2. The Hall–Kier alpha value is -2.40. The van der Waals surface area contributed by atoms with Crippen LogP contribution in [0.1, 0.15) is 31.0 Å². The lowest BCUT2D eigenvalue weighted by atomic mass is 10.1. The molecule has 1 aliphatic rings. The molecule has 0 bridgehead atoms. The highest BCUT2D eigenvalue weighted by atomic mass is 16.6. The molecule has 0 fully saturated rings. The van der Waals surface area contributed by atoms with Gasteiger partial charge in [-0.1, -0.05) is 12.1 Å². The molecule has 1 atom stereocenters. The first-order valence-corrected chi connectivity index (χ1v) is 8.64. The van der Waals surface area contributed by atoms with Gasteiger partial charge in [-0.2, -0.15) is 0 Å². The normalized spacial score (nSPS) is 14.0. The number of hydrogen-bond donors (Lipinski definition) is 1. The minimum atomic E-state index is 0.188. The molecule has 0 aromatic heterocycles. The van der Waals surface area contributed by atoms with Crippen molar-refractivity contribution in [1.82, 2.24) is 5.32 Å². The maximum Gasteiger partial charge on any atom is 0.161 e. The monoisotopic (exact) mass is 343 g/mol. The van der Waals surface area contributed by atoms with Crippen molar-refractivity contribution in [2.45, 2.75) is 26.4 Å². The Morgan fingerprint density at radius 3 is 2.60 bits per heavy atom. The van der Waals surface area contributed by atoms with E-state index < -0.39 is 0 Å². The third-order valence-corrected chi connectivity index (χ3v) is 4.21. The molecule has 3 rings (SSSR count). The van der Waals surface area contributed by atoms with Crippen LogP contribution in [0.3, 0.4) is 0 Å². The van der Waals surface area contributed by atoms with Gasteiger partial charge in [0.2, 0.25) is 0 Å². The highest BCUT2D eigenvalue weighted by molar-refractivity contribution is 5.45. The second-order valence-corrected chi connectivity index (χ2v) is 5.92. The standard InChI is InChI=1S/C20H25NO4/c1-4-23-19-11-15(5-7-17(19)22-3)13-21-14(2)16-6-8-18-20(12-16)25-10-9-24-18/h5-8,11-12,14,21H,4,9-10,13H2,1-3H3. The van der Waals surface area contributed by atoms with Gasteiger partial charge in [-0.05, 0) is 49.2 Å². The van der Waals surface area contributed by atoms with Crippen molar-refractivity contribution in [2.24, 2.45) is 0 Å². The summed E-state index contributed by atoms with van der Waals surface area (Å²) < 4.78 is 22.2. The van der Waals surface area contributed by atoms with E-state index in [0.717, 1.165) is 35.1 Å². The zero-order valence-corrected chi connectivity index (χ0v) is 15.0. The first-order chi connectivity index (χ1) is 12.2. The number of hydrogen-bond acceptors (Lipinski definition) is 5. The molecule has 1 aliphatic heterocycles. The van der Waals surface area contributed by atoms with Crippen molar-refractivity contribution < 1.29 is 18.9 Å². The molecular formula is C20H25NO4. The SMILES string of the molecule is CCOc1cc(CNC(C)c2ccc3c(c2)OCCO3)ccc1OC. The number of rotatable bonds is 7. The lowest BCUT2D eigenvalue weighted by Crippen LogP contribution is -2.19. The molecule has 0 amide bonds. The topological polar surface area (TPSA) is 49.0 Å². The summed E-state index contributed by atoms with van der Waals surface area (Å²) in [7, 11) is 1.65. The fourth-order valence-corrected chi connectivity index (χ4v) is 2.82.